The highest BCUT2D eigenvalue weighted by molar-refractivity contribution is 4.52. The van der Waals surface area contributed by atoms with Crippen LogP contribution >= 0.6 is 0 Å². The Bertz CT molecular complexity index is 333. The Morgan fingerprint density at radius 1 is 0.469 bits per heavy atom. The zero-order valence-corrected chi connectivity index (χ0v) is 20.5. The number of unbranched alkanes of at least 4 members (excludes halogenated alkanes) is 8. The van der Waals surface area contributed by atoms with Gasteiger partial charge in [-0.2, -0.15) is 0 Å². The molecule has 0 saturated carbocycles. The molecular formula is C24H50O8. The van der Waals surface area contributed by atoms with Crippen LogP contribution in [0.5, 0.6) is 0 Å². The van der Waals surface area contributed by atoms with Crippen molar-refractivity contribution in [3.8, 4) is 0 Å². The molecular weight excluding hydrogens is 416 g/mol. The molecule has 194 valence electrons. The first kappa shape index (κ1) is 31.7. The maximum absolute atomic E-state index is 9.85. The van der Waals surface area contributed by atoms with E-state index in [9.17, 15) is 5.11 Å². The van der Waals surface area contributed by atoms with Crippen LogP contribution in [0.25, 0.3) is 0 Å². The standard InChI is InChI=1S/C24H50O8/c1-2-3-4-5-6-7-8-9-10-12-31-22-24(26)23-32-21-20-30-19-18-29-17-16-28-15-14-27-13-11-25/h24-26H,2-23H2,1H3. The Morgan fingerprint density at radius 2 is 0.844 bits per heavy atom. The third-order valence-corrected chi connectivity index (χ3v) is 4.74. The minimum absolute atomic E-state index is 0.0303. The molecule has 0 aliphatic rings. The molecule has 8 nitrogen and oxygen atoms in total. The lowest BCUT2D eigenvalue weighted by Crippen LogP contribution is -2.23. The highest BCUT2D eigenvalue weighted by Gasteiger charge is 2.04. The molecule has 0 bridgehead atoms. The largest absolute Gasteiger partial charge is 0.394 e. The van der Waals surface area contributed by atoms with E-state index in [4.69, 9.17) is 33.5 Å². The van der Waals surface area contributed by atoms with Crippen LogP contribution in [-0.2, 0) is 28.4 Å². The monoisotopic (exact) mass is 466 g/mol. The number of hydrogen-bond acceptors (Lipinski definition) is 8. The van der Waals surface area contributed by atoms with E-state index in [0.29, 0.717) is 72.7 Å². The van der Waals surface area contributed by atoms with Crippen molar-refractivity contribution < 1.29 is 38.6 Å². The topological polar surface area (TPSA) is 95.8 Å². The molecule has 0 saturated heterocycles. The van der Waals surface area contributed by atoms with Crippen LogP contribution < -0.4 is 0 Å². The van der Waals surface area contributed by atoms with Gasteiger partial charge in [-0.1, -0.05) is 58.3 Å². The summed E-state index contributed by atoms with van der Waals surface area (Å²) in [5, 5.41) is 18.4. The van der Waals surface area contributed by atoms with Crippen LogP contribution in [0.1, 0.15) is 64.7 Å². The average Bonchev–Trinajstić information content (AvgIpc) is 2.80. The Balaban J connectivity index is 3.12. The second-order valence-corrected chi connectivity index (χ2v) is 7.81. The van der Waals surface area contributed by atoms with E-state index in [1.54, 1.807) is 0 Å². The first-order valence-corrected chi connectivity index (χ1v) is 12.6. The summed E-state index contributed by atoms with van der Waals surface area (Å²) in [6.45, 7) is 7.78. The van der Waals surface area contributed by atoms with Crippen LogP contribution in [0.3, 0.4) is 0 Å². The zero-order valence-electron chi connectivity index (χ0n) is 20.5. The van der Waals surface area contributed by atoms with Crippen molar-refractivity contribution in [2.24, 2.45) is 0 Å². The van der Waals surface area contributed by atoms with E-state index in [-0.39, 0.29) is 13.2 Å². The molecule has 0 aromatic heterocycles. The molecule has 0 heterocycles. The lowest BCUT2D eigenvalue weighted by atomic mass is 10.1. The summed E-state index contributed by atoms with van der Waals surface area (Å²) in [6.07, 6.45) is 11.0. The molecule has 0 aromatic carbocycles. The van der Waals surface area contributed by atoms with Gasteiger partial charge in [0.15, 0.2) is 0 Å². The van der Waals surface area contributed by atoms with Crippen molar-refractivity contribution in [1.29, 1.82) is 0 Å². The Morgan fingerprint density at radius 3 is 1.31 bits per heavy atom. The van der Waals surface area contributed by atoms with Gasteiger partial charge in [0.1, 0.15) is 6.10 Å². The van der Waals surface area contributed by atoms with Gasteiger partial charge in [0, 0.05) is 6.61 Å². The minimum atomic E-state index is -0.592. The van der Waals surface area contributed by atoms with Gasteiger partial charge >= 0.3 is 0 Å². The number of aliphatic hydroxyl groups is 2. The highest BCUT2D eigenvalue weighted by Crippen LogP contribution is 2.09. The third-order valence-electron chi connectivity index (χ3n) is 4.74. The third kappa shape index (κ3) is 27.7. The van der Waals surface area contributed by atoms with E-state index in [1.165, 1.54) is 51.4 Å². The fraction of sp³-hybridized carbons (Fsp3) is 1.00. The highest BCUT2D eigenvalue weighted by atomic mass is 16.6. The average molecular weight is 467 g/mol. The molecule has 0 radical (unpaired) electrons. The molecule has 0 aliphatic heterocycles. The Labute approximate surface area is 195 Å². The van der Waals surface area contributed by atoms with Gasteiger partial charge in [0.2, 0.25) is 0 Å². The van der Waals surface area contributed by atoms with Crippen molar-refractivity contribution in [2.45, 2.75) is 70.8 Å². The molecule has 8 heteroatoms. The summed E-state index contributed by atoms with van der Waals surface area (Å²) in [7, 11) is 0. The molecule has 0 amide bonds. The van der Waals surface area contributed by atoms with E-state index >= 15 is 0 Å². The maximum atomic E-state index is 9.85. The van der Waals surface area contributed by atoms with Crippen LogP contribution in [-0.4, -0.2) is 102 Å². The predicted molar refractivity (Wildman–Crippen MR) is 125 cm³/mol. The molecule has 2 N–H and O–H groups in total. The van der Waals surface area contributed by atoms with E-state index in [1.807, 2.05) is 0 Å². The quantitative estimate of drug-likeness (QED) is 0.170. The van der Waals surface area contributed by atoms with E-state index < -0.39 is 6.10 Å². The maximum Gasteiger partial charge on any atom is 0.101 e. The molecule has 0 rings (SSSR count). The van der Waals surface area contributed by atoms with E-state index in [0.717, 1.165) is 6.42 Å². The molecule has 0 spiro atoms. The summed E-state index contributed by atoms with van der Waals surface area (Å²) in [4.78, 5) is 0. The summed E-state index contributed by atoms with van der Waals surface area (Å²) in [5.41, 5.74) is 0. The van der Waals surface area contributed by atoms with Crippen molar-refractivity contribution in [2.75, 3.05) is 85.9 Å². The summed E-state index contributed by atoms with van der Waals surface area (Å²) >= 11 is 0. The van der Waals surface area contributed by atoms with Crippen LogP contribution in [0, 0.1) is 0 Å². The summed E-state index contributed by atoms with van der Waals surface area (Å²) < 4.78 is 32.1. The smallest absolute Gasteiger partial charge is 0.101 e. The molecule has 0 fully saturated rings. The fourth-order valence-corrected chi connectivity index (χ4v) is 2.95. The van der Waals surface area contributed by atoms with Gasteiger partial charge in [-0.3, -0.25) is 0 Å². The molecule has 1 atom stereocenters. The first-order valence-electron chi connectivity index (χ1n) is 12.6. The predicted octanol–water partition coefficient (Wildman–Crippen LogP) is 2.97. The number of ether oxygens (including phenoxy) is 6. The van der Waals surface area contributed by atoms with Crippen molar-refractivity contribution in [1.82, 2.24) is 0 Å². The SMILES string of the molecule is CCCCCCCCCCCOCC(O)COCCOCCOCCOCCOCCO. The lowest BCUT2D eigenvalue weighted by Gasteiger charge is -2.12. The van der Waals surface area contributed by atoms with Crippen LogP contribution in [0.2, 0.25) is 0 Å². The Kier molecular flexibility index (Phi) is 28.4. The number of aliphatic hydroxyl groups excluding tert-OH is 2. The van der Waals surface area contributed by atoms with Crippen molar-refractivity contribution in [3.05, 3.63) is 0 Å². The van der Waals surface area contributed by atoms with Gasteiger partial charge in [-0.15, -0.1) is 0 Å². The van der Waals surface area contributed by atoms with Gasteiger partial charge in [0.05, 0.1) is 79.3 Å². The number of rotatable bonds is 28. The first-order chi connectivity index (χ1) is 15.8. The van der Waals surface area contributed by atoms with Gasteiger partial charge in [-0.25, -0.2) is 0 Å². The normalized spacial score (nSPS) is 12.5. The Hall–Kier alpha value is -0.320. The van der Waals surface area contributed by atoms with Gasteiger partial charge < -0.3 is 38.6 Å². The molecule has 0 aromatic rings. The summed E-state index contributed by atoms with van der Waals surface area (Å²) in [5.74, 6) is 0. The second kappa shape index (κ2) is 28.7. The zero-order chi connectivity index (χ0) is 23.4. The van der Waals surface area contributed by atoms with Gasteiger partial charge in [-0.05, 0) is 6.42 Å². The van der Waals surface area contributed by atoms with Crippen molar-refractivity contribution in [3.63, 3.8) is 0 Å². The van der Waals surface area contributed by atoms with Crippen LogP contribution in [0.15, 0.2) is 0 Å². The molecule has 0 aliphatic carbocycles. The van der Waals surface area contributed by atoms with Gasteiger partial charge in [0.25, 0.3) is 0 Å². The lowest BCUT2D eigenvalue weighted by molar-refractivity contribution is -0.0398. The van der Waals surface area contributed by atoms with Crippen LogP contribution in [0.4, 0.5) is 0 Å². The second-order valence-electron chi connectivity index (χ2n) is 7.81. The summed E-state index contributed by atoms with van der Waals surface area (Å²) in [6, 6.07) is 0. The molecule has 32 heavy (non-hydrogen) atoms. The number of hydrogen-bond donors (Lipinski definition) is 2. The van der Waals surface area contributed by atoms with Crippen molar-refractivity contribution >= 4 is 0 Å². The molecule has 1 unspecified atom stereocenters. The van der Waals surface area contributed by atoms with E-state index in [2.05, 4.69) is 6.92 Å². The minimum Gasteiger partial charge on any atom is -0.394 e. The fourth-order valence-electron chi connectivity index (χ4n) is 2.95.